The highest BCUT2D eigenvalue weighted by Gasteiger charge is 2.45. The number of aromatic nitrogens is 3. The highest BCUT2D eigenvalue weighted by molar-refractivity contribution is 6.33. The summed E-state index contributed by atoms with van der Waals surface area (Å²) in [5.74, 6) is 2.76. The van der Waals surface area contributed by atoms with Crippen LogP contribution in [-0.4, -0.2) is 40.9 Å². The molecule has 0 spiro atoms. The molecule has 1 saturated heterocycles. The van der Waals surface area contributed by atoms with Crippen LogP contribution >= 0.6 is 23.2 Å². The third-order valence-electron chi connectivity index (χ3n) is 5.71. The number of benzene rings is 1. The van der Waals surface area contributed by atoms with Gasteiger partial charge in [-0.25, -0.2) is 0 Å². The topological polar surface area (TPSA) is 71.2 Å². The summed E-state index contributed by atoms with van der Waals surface area (Å²) in [7, 11) is 0. The predicted octanol–water partition coefficient (Wildman–Crippen LogP) is 3.66. The number of halogens is 2. The first-order chi connectivity index (χ1) is 13.7. The van der Waals surface area contributed by atoms with Crippen molar-refractivity contribution in [3.63, 3.8) is 0 Å². The van der Waals surface area contributed by atoms with Crippen LogP contribution in [0.1, 0.15) is 23.8 Å². The fourth-order valence-corrected chi connectivity index (χ4v) is 4.61. The Morgan fingerprint density at radius 2 is 2.11 bits per heavy atom. The largest absolute Gasteiger partial charge is 0.419 e. The van der Waals surface area contributed by atoms with E-state index in [4.69, 9.17) is 27.6 Å². The van der Waals surface area contributed by atoms with Crippen molar-refractivity contribution < 1.29 is 4.42 Å². The second-order valence-electron chi connectivity index (χ2n) is 7.45. The van der Waals surface area contributed by atoms with E-state index in [0.29, 0.717) is 23.4 Å². The number of anilines is 2. The third kappa shape index (κ3) is 2.46. The number of nitrogens with zero attached hydrogens (tertiary/aromatic N) is 4. The molecule has 0 amide bonds. The summed E-state index contributed by atoms with van der Waals surface area (Å²) in [6.45, 7) is 4.39. The zero-order valence-corrected chi connectivity index (χ0v) is 16.5. The van der Waals surface area contributed by atoms with Gasteiger partial charge in [0.1, 0.15) is 22.9 Å². The van der Waals surface area contributed by atoms with Gasteiger partial charge in [-0.1, -0.05) is 23.2 Å². The van der Waals surface area contributed by atoms with Gasteiger partial charge >= 0.3 is 0 Å². The summed E-state index contributed by atoms with van der Waals surface area (Å²) in [5.41, 5.74) is 4.41. The molecule has 1 aromatic heterocycles. The minimum Gasteiger partial charge on any atom is -0.419 e. The summed E-state index contributed by atoms with van der Waals surface area (Å²) < 4.78 is 8.15. The zero-order valence-electron chi connectivity index (χ0n) is 15.0. The Morgan fingerprint density at radius 3 is 2.96 bits per heavy atom. The van der Waals surface area contributed by atoms with E-state index in [-0.39, 0.29) is 0 Å². The van der Waals surface area contributed by atoms with Gasteiger partial charge in [-0.3, -0.25) is 4.57 Å². The van der Waals surface area contributed by atoms with Crippen LogP contribution < -0.4 is 15.5 Å². The van der Waals surface area contributed by atoms with Crippen molar-refractivity contribution in [2.45, 2.75) is 18.9 Å². The Balaban J connectivity index is 1.30. The Hall–Kier alpha value is -2.22. The molecule has 5 heterocycles. The van der Waals surface area contributed by atoms with E-state index in [1.165, 1.54) is 11.4 Å². The number of nitrogens with one attached hydrogen (secondary N) is 2. The Kier molecular flexibility index (Phi) is 3.66. The minimum absolute atomic E-state index is 0.320. The van der Waals surface area contributed by atoms with Crippen molar-refractivity contribution in [3.8, 4) is 17.3 Å². The van der Waals surface area contributed by atoms with E-state index in [1.54, 1.807) is 0 Å². The van der Waals surface area contributed by atoms with Gasteiger partial charge in [-0.2, -0.15) is 0 Å². The van der Waals surface area contributed by atoms with Crippen molar-refractivity contribution >= 4 is 34.7 Å². The van der Waals surface area contributed by atoms with Gasteiger partial charge in [-0.05, 0) is 36.7 Å². The molecule has 0 radical (unpaired) electrons. The predicted molar refractivity (Wildman–Crippen MR) is 109 cm³/mol. The lowest BCUT2D eigenvalue weighted by Gasteiger charge is -2.34. The smallest absolute Gasteiger partial charge is 0.267 e. The van der Waals surface area contributed by atoms with E-state index < -0.39 is 0 Å². The maximum atomic E-state index is 6.38. The number of rotatable bonds is 4. The van der Waals surface area contributed by atoms with Gasteiger partial charge in [0.25, 0.3) is 5.89 Å². The lowest BCUT2D eigenvalue weighted by molar-refractivity contribution is 0.467. The second-order valence-corrected chi connectivity index (χ2v) is 8.29. The molecule has 1 aromatic carbocycles. The maximum absolute atomic E-state index is 6.38. The van der Waals surface area contributed by atoms with Crippen LogP contribution in [0.2, 0.25) is 10.0 Å². The molecule has 0 aliphatic carbocycles. The SMILES string of the molecule is Clc1ccc(Cl)c(CN2CCNc3c2c2c(-c4nnc(C5CCNC5)o4)n3-2)c1. The van der Waals surface area contributed by atoms with E-state index in [1.807, 2.05) is 18.2 Å². The lowest BCUT2D eigenvalue weighted by Crippen LogP contribution is -2.36. The molecule has 1 fully saturated rings. The van der Waals surface area contributed by atoms with Crippen LogP contribution in [0, 0.1) is 0 Å². The minimum atomic E-state index is 0.320. The van der Waals surface area contributed by atoms with Crippen molar-refractivity contribution in [2.75, 3.05) is 36.4 Å². The molecule has 0 bridgehead atoms. The molecular weight excluding hydrogens is 399 g/mol. The van der Waals surface area contributed by atoms with Crippen molar-refractivity contribution in [1.82, 2.24) is 20.1 Å². The Labute approximate surface area is 171 Å². The van der Waals surface area contributed by atoms with Gasteiger partial charge in [0.2, 0.25) is 5.89 Å². The normalized spacial score (nSPS) is 19.6. The molecular formula is C19H18Cl2N6O. The molecule has 144 valence electrons. The summed E-state index contributed by atoms with van der Waals surface area (Å²) in [4.78, 5) is 2.33. The average molecular weight is 417 g/mol. The summed E-state index contributed by atoms with van der Waals surface area (Å²) in [6.07, 6.45) is 1.04. The molecule has 2 aromatic rings. The van der Waals surface area contributed by atoms with Crippen LogP contribution in [0.15, 0.2) is 22.6 Å². The Bertz CT molecular complexity index is 1080. The molecule has 0 saturated carbocycles. The van der Waals surface area contributed by atoms with Crippen LogP contribution in [-0.2, 0) is 6.54 Å². The van der Waals surface area contributed by atoms with Gasteiger partial charge in [0, 0.05) is 36.2 Å². The molecule has 7 nitrogen and oxygen atoms in total. The number of fused-ring (bicyclic) bond motifs is 4. The highest BCUT2D eigenvalue weighted by atomic mass is 35.5. The molecule has 9 heteroatoms. The zero-order chi connectivity index (χ0) is 18.8. The number of hydrogen-bond donors (Lipinski definition) is 2. The third-order valence-corrected chi connectivity index (χ3v) is 6.31. The first kappa shape index (κ1) is 16.7. The molecule has 1 atom stereocenters. The van der Waals surface area contributed by atoms with E-state index in [2.05, 4.69) is 30.3 Å². The van der Waals surface area contributed by atoms with Crippen molar-refractivity contribution in [1.29, 1.82) is 0 Å². The molecule has 6 rings (SSSR count). The first-order valence-electron chi connectivity index (χ1n) is 9.47. The van der Waals surface area contributed by atoms with Crippen LogP contribution in [0.25, 0.3) is 17.3 Å². The molecule has 4 aliphatic rings. The monoisotopic (exact) mass is 416 g/mol. The van der Waals surface area contributed by atoms with Crippen LogP contribution in [0.4, 0.5) is 11.5 Å². The lowest BCUT2D eigenvalue weighted by atomic mass is 10.1. The fraction of sp³-hybridized carbons (Fsp3) is 0.368. The number of hydrogen-bond acceptors (Lipinski definition) is 6. The summed E-state index contributed by atoms with van der Waals surface area (Å²) in [5, 5.41) is 16.8. The van der Waals surface area contributed by atoms with Gasteiger partial charge < -0.3 is 20.0 Å². The molecule has 2 N–H and O–H groups in total. The van der Waals surface area contributed by atoms with E-state index >= 15 is 0 Å². The average Bonchev–Trinajstić information content (AvgIpc) is 3.08. The van der Waals surface area contributed by atoms with E-state index in [0.717, 1.165) is 60.6 Å². The standard InChI is InChI=1S/C19H18Cl2N6O/c20-12-1-2-13(21)11(7-12)9-26-6-5-23-17-15(26)14-16(27(14)17)19-25-24-18(28-19)10-3-4-22-8-10/h1-2,7,10,22-23H,3-6,8-9H2. The van der Waals surface area contributed by atoms with Crippen molar-refractivity contribution in [2.24, 2.45) is 0 Å². The van der Waals surface area contributed by atoms with E-state index in [9.17, 15) is 0 Å². The molecule has 28 heavy (non-hydrogen) atoms. The van der Waals surface area contributed by atoms with Crippen molar-refractivity contribution in [3.05, 3.63) is 39.7 Å². The Morgan fingerprint density at radius 1 is 1.18 bits per heavy atom. The molecule has 1 unspecified atom stereocenters. The summed E-state index contributed by atoms with van der Waals surface area (Å²) in [6, 6.07) is 5.60. The van der Waals surface area contributed by atoms with Gasteiger partial charge in [0.15, 0.2) is 0 Å². The fourth-order valence-electron chi connectivity index (χ4n) is 4.24. The second kappa shape index (κ2) is 6.14. The van der Waals surface area contributed by atoms with Gasteiger partial charge in [-0.15, -0.1) is 10.2 Å². The first-order valence-corrected chi connectivity index (χ1v) is 10.2. The highest BCUT2D eigenvalue weighted by Crippen LogP contribution is 2.58. The maximum Gasteiger partial charge on any atom is 0.267 e. The molecule has 4 aliphatic heterocycles. The summed E-state index contributed by atoms with van der Waals surface area (Å²) >= 11 is 12.5. The van der Waals surface area contributed by atoms with Gasteiger partial charge in [0.05, 0.1) is 5.92 Å². The quantitative estimate of drug-likeness (QED) is 0.528. The van der Waals surface area contributed by atoms with Crippen LogP contribution in [0.3, 0.4) is 0 Å². The van der Waals surface area contributed by atoms with Crippen LogP contribution in [0.5, 0.6) is 0 Å².